The second kappa shape index (κ2) is 6.00. The Balaban J connectivity index is 2.24. The van der Waals surface area contributed by atoms with Crippen LogP contribution in [-0.2, 0) is 0 Å². The van der Waals surface area contributed by atoms with Crippen molar-refractivity contribution >= 4 is 11.5 Å². The van der Waals surface area contributed by atoms with Gasteiger partial charge < -0.3 is 10.5 Å². The molecule has 2 aromatic rings. The first-order valence-corrected chi connectivity index (χ1v) is 7.03. The van der Waals surface area contributed by atoms with Crippen molar-refractivity contribution in [3.05, 3.63) is 58.7 Å². The molecule has 0 fully saturated rings. The van der Waals surface area contributed by atoms with E-state index < -0.39 is 6.10 Å². The number of ketones is 1. The molecule has 1 atom stereocenters. The number of rotatable bonds is 4. The number of benzene rings is 2. The molecule has 2 aromatic carbocycles. The zero-order chi connectivity index (χ0) is 15.6. The minimum absolute atomic E-state index is 0.0288. The van der Waals surface area contributed by atoms with Gasteiger partial charge in [0, 0.05) is 5.56 Å². The molecule has 0 heterocycles. The van der Waals surface area contributed by atoms with E-state index in [1.165, 1.54) is 5.56 Å². The molecular weight excluding hydrogens is 262 g/mol. The van der Waals surface area contributed by atoms with Gasteiger partial charge in [0.2, 0.25) is 5.78 Å². The van der Waals surface area contributed by atoms with Crippen LogP contribution in [0.15, 0.2) is 36.4 Å². The van der Waals surface area contributed by atoms with Gasteiger partial charge in [0.05, 0.1) is 5.69 Å². The highest BCUT2D eigenvalue weighted by atomic mass is 16.5. The highest BCUT2D eigenvalue weighted by Crippen LogP contribution is 2.23. The summed E-state index contributed by atoms with van der Waals surface area (Å²) in [7, 11) is 0. The molecule has 0 bridgehead atoms. The van der Waals surface area contributed by atoms with Crippen LogP contribution in [0.5, 0.6) is 5.75 Å². The summed E-state index contributed by atoms with van der Waals surface area (Å²) in [6, 6.07) is 11.2. The van der Waals surface area contributed by atoms with E-state index >= 15 is 0 Å². The second-order valence-corrected chi connectivity index (χ2v) is 5.41. The number of ether oxygens (including phenoxy) is 1. The maximum Gasteiger partial charge on any atom is 0.203 e. The lowest BCUT2D eigenvalue weighted by atomic mass is 9.96. The van der Waals surface area contributed by atoms with Crippen molar-refractivity contribution in [2.45, 2.75) is 33.8 Å². The van der Waals surface area contributed by atoms with Gasteiger partial charge in [0.25, 0.3) is 0 Å². The number of carbonyl (C=O) groups excluding carboxylic acids is 1. The Kier molecular flexibility index (Phi) is 4.32. The summed E-state index contributed by atoms with van der Waals surface area (Å²) < 4.78 is 5.71. The first-order chi connectivity index (χ1) is 9.90. The number of hydrogen-bond donors (Lipinski definition) is 1. The Bertz CT molecular complexity index is 677. The summed E-state index contributed by atoms with van der Waals surface area (Å²) in [4.78, 5) is 12.6. The maximum absolute atomic E-state index is 12.6. The molecule has 21 heavy (non-hydrogen) atoms. The van der Waals surface area contributed by atoms with Crippen LogP contribution in [0.4, 0.5) is 5.69 Å². The molecule has 110 valence electrons. The van der Waals surface area contributed by atoms with Crippen LogP contribution in [0.25, 0.3) is 0 Å². The number of Topliss-reactive ketones (excluding diaryl/α,β-unsaturated/α-hetero) is 1. The van der Waals surface area contributed by atoms with Crippen LogP contribution in [0.2, 0.25) is 0 Å². The van der Waals surface area contributed by atoms with E-state index in [-0.39, 0.29) is 5.78 Å². The minimum atomic E-state index is -0.574. The van der Waals surface area contributed by atoms with Crippen molar-refractivity contribution in [1.82, 2.24) is 0 Å². The Morgan fingerprint density at radius 3 is 2.33 bits per heavy atom. The zero-order valence-corrected chi connectivity index (χ0v) is 12.9. The van der Waals surface area contributed by atoms with Crippen molar-refractivity contribution in [1.29, 1.82) is 0 Å². The lowest BCUT2D eigenvalue weighted by molar-refractivity contribution is 0.0818. The first-order valence-electron chi connectivity index (χ1n) is 7.03. The summed E-state index contributed by atoms with van der Waals surface area (Å²) in [5.41, 5.74) is 10.4. The molecule has 2 N–H and O–H groups in total. The number of nitrogens with two attached hydrogens (primary N) is 1. The molecule has 0 radical (unpaired) electrons. The fraction of sp³-hybridized carbons (Fsp3) is 0.278. The molecule has 1 unspecified atom stereocenters. The van der Waals surface area contributed by atoms with Crippen LogP contribution < -0.4 is 10.5 Å². The average molecular weight is 283 g/mol. The third kappa shape index (κ3) is 3.24. The quantitative estimate of drug-likeness (QED) is 0.685. The summed E-state index contributed by atoms with van der Waals surface area (Å²) in [5.74, 6) is 0.513. The highest BCUT2D eigenvalue weighted by Gasteiger charge is 2.20. The third-order valence-electron chi connectivity index (χ3n) is 3.70. The third-order valence-corrected chi connectivity index (χ3v) is 3.70. The average Bonchev–Trinajstić information content (AvgIpc) is 2.44. The fourth-order valence-electron chi connectivity index (χ4n) is 2.28. The van der Waals surface area contributed by atoms with Gasteiger partial charge in [-0.15, -0.1) is 0 Å². The van der Waals surface area contributed by atoms with Gasteiger partial charge in [-0.1, -0.05) is 18.2 Å². The van der Waals surface area contributed by atoms with E-state index in [4.69, 9.17) is 10.5 Å². The van der Waals surface area contributed by atoms with Gasteiger partial charge in [-0.3, -0.25) is 4.79 Å². The smallest absolute Gasteiger partial charge is 0.203 e. The number of anilines is 1. The normalized spacial score (nSPS) is 12.0. The number of hydrogen-bond acceptors (Lipinski definition) is 3. The van der Waals surface area contributed by atoms with Crippen LogP contribution in [0, 0.1) is 20.8 Å². The number of nitrogen functional groups attached to an aromatic ring is 1. The highest BCUT2D eigenvalue weighted by molar-refractivity contribution is 6.01. The van der Waals surface area contributed by atoms with Gasteiger partial charge in [0.1, 0.15) is 5.75 Å². The molecule has 0 saturated carbocycles. The molecule has 0 aromatic heterocycles. The summed E-state index contributed by atoms with van der Waals surface area (Å²) in [6.45, 7) is 7.75. The van der Waals surface area contributed by atoms with Gasteiger partial charge >= 0.3 is 0 Å². The van der Waals surface area contributed by atoms with Crippen LogP contribution in [-0.4, -0.2) is 11.9 Å². The zero-order valence-electron chi connectivity index (χ0n) is 12.9. The number of para-hydroxylation sites is 2. The largest absolute Gasteiger partial charge is 0.480 e. The van der Waals surface area contributed by atoms with Gasteiger partial charge in [0.15, 0.2) is 6.10 Å². The summed E-state index contributed by atoms with van der Waals surface area (Å²) in [5, 5.41) is 0. The molecule has 0 aliphatic rings. The predicted molar refractivity (Wildman–Crippen MR) is 85.9 cm³/mol. The number of carbonyl (C=O) groups is 1. The molecule has 0 spiro atoms. The number of aryl methyl sites for hydroxylation is 3. The van der Waals surface area contributed by atoms with E-state index in [1.807, 2.05) is 45.0 Å². The first kappa shape index (κ1) is 15.1. The van der Waals surface area contributed by atoms with Crippen LogP contribution in [0.1, 0.15) is 34.0 Å². The lowest BCUT2D eigenvalue weighted by Gasteiger charge is -2.17. The topological polar surface area (TPSA) is 52.3 Å². The molecule has 0 saturated heterocycles. The molecule has 0 aliphatic heterocycles. The standard InChI is InChI=1S/C18H21NO2/c1-11-9-13(3)15(10-12(11)2)18(20)14(4)21-17-8-6-5-7-16(17)19/h5-10,14H,19H2,1-4H3. The second-order valence-electron chi connectivity index (χ2n) is 5.41. The van der Waals surface area contributed by atoms with E-state index in [9.17, 15) is 4.79 Å². The monoisotopic (exact) mass is 283 g/mol. The maximum atomic E-state index is 12.6. The van der Waals surface area contributed by atoms with E-state index in [2.05, 4.69) is 0 Å². The van der Waals surface area contributed by atoms with Crippen molar-refractivity contribution in [2.75, 3.05) is 5.73 Å². The molecule has 2 rings (SSSR count). The predicted octanol–water partition coefficient (Wildman–Crippen LogP) is 3.84. The van der Waals surface area contributed by atoms with E-state index in [0.717, 1.165) is 11.1 Å². The molecule has 3 nitrogen and oxygen atoms in total. The van der Waals surface area contributed by atoms with Gasteiger partial charge in [-0.2, -0.15) is 0 Å². The minimum Gasteiger partial charge on any atom is -0.480 e. The Morgan fingerprint density at radius 1 is 1.05 bits per heavy atom. The Morgan fingerprint density at radius 2 is 1.67 bits per heavy atom. The van der Waals surface area contributed by atoms with Gasteiger partial charge in [-0.05, 0) is 62.6 Å². The molecule has 0 amide bonds. The Labute approximate surface area is 125 Å². The van der Waals surface area contributed by atoms with Gasteiger partial charge in [-0.25, -0.2) is 0 Å². The molecular formula is C18H21NO2. The fourth-order valence-corrected chi connectivity index (χ4v) is 2.28. The van der Waals surface area contributed by atoms with Crippen molar-refractivity contribution in [3.63, 3.8) is 0 Å². The lowest BCUT2D eigenvalue weighted by Crippen LogP contribution is -2.25. The summed E-state index contributed by atoms with van der Waals surface area (Å²) in [6.07, 6.45) is -0.574. The molecule has 3 heteroatoms. The van der Waals surface area contributed by atoms with Crippen molar-refractivity contribution < 1.29 is 9.53 Å². The van der Waals surface area contributed by atoms with E-state index in [0.29, 0.717) is 17.0 Å². The van der Waals surface area contributed by atoms with Crippen molar-refractivity contribution in [2.24, 2.45) is 0 Å². The van der Waals surface area contributed by atoms with Crippen molar-refractivity contribution in [3.8, 4) is 5.75 Å². The van der Waals surface area contributed by atoms with Crippen LogP contribution >= 0.6 is 0 Å². The van der Waals surface area contributed by atoms with Crippen LogP contribution in [0.3, 0.4) is 0 Å². The molecule has 0 aliphatic carbocycles. The SMILES string of the molecule is Cc1cc(C)c(C(=O)C(C)Oc2ccccc2N)cc1C. The summed E-state index contributed by atoms with van der Waals surface area (Å²) >= 11 is 0. The van der Waals surface area contributed by atoms with E-state index in [1.54, 1.807) is 19.1 Å². The Hall–Kier alpha value is -2.29.